The van der Waals surface area contributed by atoms with Crippen LogP contribution in [0.5, 0.6) is 0 Å². The van der Waals surface area contributed by atoms with Crippen molar-refractivity contribution in [1.82, 2.24) is 10.2 Å². The van der Waals surface area contributed by atoms with Crippen LogP contribution in [-0.4, -0.2) is 50.1 Å². The zero-order valence-electron chi connectivity index (χ0n) is 15.9. The van der Waals surface area contributed by atoms with Crippen molar-refractivity contribution in [3.05, 3.63) is 59.7 Å². The second-order valence-electron chi connectivity index (χ2n) is 6.90. The molecular weight excluding hydrogens is 360 g/mol. The monoisotopic (exact) mass is 388 g/mol. The molecule has 27 heavy (non-hydrogen) atoms. The van der Waals surface area contributed by atoms with Crippen molar-refractivity contribution in [3.63, 3.8) is 0 Å². The van der Waals surface area contributed by atoms with E-state index in [-0.39, 0.29) is 18.3 Å². The Morgan fingerprint density at radius 2 is 1.78 bits per heavy atom. The Kier molecular flexibility index (Phi) is 7.95. The fourth-order valence-electron chi connectivity index (χ4n) is 3.30. The van der Waals surface area contributed by atoms with Crippen LogP contribution in [0.2, 0.25) is 0 Å². The van der Waals surface area contributed by atoms with E-state index < -0.39 is 0 Å². The molecule has 6 heteroatoms. The number of rotatable bonds is 6. The van der Waals surface area contributed by atoms with Crippen molar-refractivity contribution in [2.24, 2.45) is 0 Å². The summed E-state index contributed by atoms with van der Waals surface area (Å²) in [6, 6.07) is 15.7. The standard InChI is InChI=1S/C21H28N4O.ClH/c1-17-4-2-5-20(16-17)25-14-12-24(13-15-25)11-3-10-23-21(26)18-6-8-19(22)9-7-18;/h2,4-9,16H,3,10-15,22H2,1H3,(H,23,26);1H. The smallest absolute Gasteiger partial charge is 0.251 e. The zero-order chi connectivity index (χ0) is 18.4. The maximum absolute atomic E-state index is 12.1. The van der Waals surface area contributed by atoms with E-state index in [1.807, 2.05) is 0 Å². The number of anilines is 2. The van der Waals surface area contributed by atoms with Crippen LogP contribution in [0.1, 0.15) is 22.3 Å². The quantitative estimate of drug-likeness (QED) is 0.590. The number of hydrogen-bond acceptors (Lipinski definition) is 4. The van der Waals surface area contributed by atoms with Crippen LogP contribution in [0.4, 0.5) is 11.4 Å². The number of halogens is 1. The van der Waals surface area contributed by atoms with Crippen LogP contribution in [-0.2, 0) is 0 Å². The van der Waals surface area contributed by atoms with Crippen molar-refractivity contribution in [2.45, 2.75) is 13.3 Å². The summed E-state index contributed by atoms with van der Waals surface area (Å²) in [7, 11) is 0. The van der Waals surface area contributed by atoms with Crippen molar-refractivity contribution in [2.75, 3.05) is 49.9 Å². The maximum Gasteiger partial charge on any atom is 0.251 e. The number of piperazine rings is 1. The number of nitrogens with zero attached hydrogens (tertiary/aromatic N) is 2. The maximum atomic E-state index is 12.1. The first-order chi connectivity index (χ1) is 12.6. The van der Waals surface area contributed by atoms with Crippen LogP contribution in [0, 0.1) is 6.92 Å². The molecule has 1 amide bonds. The summed E-state index contributed by atoms with van der Waals surface area (Å²) in [4.78, 5) is 17.0. The van der Waals surface area contributed by atoms with E-state index in [9.17, 15) is 4.79 Å². The van der Waals surface area contributed by atoms with Gasteiger partial charge in [0.15, 0.2) is 0 Å². The third-order valence-corrected chi connectivity index (χ3v) is 4.85. The predicted octanol–water partition coefficient (Wildman–Crippen LogP) is 2.94. The Morgan fingerprint density at radius 3 is 2.44 bits per heavy atom. The highest BCUT2D eigenvalue weighted by atomic mass is 35.5. The van der Waals surface area contributed by atoms with E-state index in [0.717, 1.165) is 39.1 Å². The average molecular weight is 389 g/mol. The van der Waals surface area contributed by atoms with Crippen molar-refractivity contribution >= 4 is 29.7 Å². The first kappa shape index (κ1) is 21.1. The molecule has 146 valence electrons. The minimum Gasteiger partial charge on any atom is -0.399 e. The number of aryl methyl sites for hydroxylation is 1. The zero-order valence-corrected chi connectivity index (χ0v) is 16.7. The largest absolute Gasteiger partial charge is 0.399 e. The summed E-state index contributed by atoms with van der Waals surface area (Å²) >= 11 is 0. The molecule has 3 rings (SSSR count). The molecule has 0 spiro atoms. The summed E-state index contributed by atoms with van der Waals surface area (Å²) in [6.45, 7) is 8.10. The number of nitrogen functional groups attached to an aromatic ring is 1. The van der Waals surface area contributed by atoms with E-state index in [4.69, 9.17) is 5.73 Å². The van der Waals surface area contributed by atoms with Crippen molar-refractivity contribution < 1.29 is 4.79 Å². The van der Waals surface area contributed by atoms with Gasteiger partial charge in [-0.3, -0.25) is 9.69 Å². The van der Waals surface area contributed by atoms with Crippen molar-refractivity contribution in [1.29, 1.82) is 0 Å². The molecule has 0 aliphatic carbocycles. The highest BCUT2D eigenvalue weighted by molar-refractivity contribution is 5.94. The summed E-state index contributed by atoms with van der Waals surface area (Å²) in [5.41, 5.74) is 9.60. The minimum atomic E-state index is -0.0331. The van der Waals surface area contributed by atoms with Gasteiger partial charge >= 0.3 is 0 Å². The van der Waals surface area contributed by atoms with Gasteiger partial charge in [-0.1, -0.05) is 12.1 Å². The normalized spacial score (nSPS) is 14.5. The SMILES string of the molecule is Cc1cccc(N2CCN(CCCNC(=O)c3ccc(N)cc3)CC2)c1.Cl. The lowest BCUT2D eigenvalue weighted by molar-refractivity contribution is 0.0951. The van der Waals surface area contributed by atoms with E-state index >= 15 is 0 Å². The summed E-state index contributed by atoms with van der Waals surface area (Å²) in [5, 5.41) is 2.98. The van der Waals surface area contributed by atoms with Gasteiger partial charge in [-0.2, -0.15) is 0 Å². The summed E-state index contributed by atoms with van der Waals surface area (Å²) in [6.07, 6.45) is 0.963. The van der Waals surface area contributed by atoms with E-state index in [2.05, 4.69) is 46.3 Å². The molecule has 0 aromatic heterocycles. The van der Waals surface area contributed by atoms with Gasteiger partial charge in [-0.05, 0) is 61.9 Å². The molecule has 0 unspecified atom stereocenters. The second kappa shape index (κ2) is 10.2. The Labute approximate surface area is 167 Å². The number of amides is 1. The van der Waals surface area contributed by atoms with Gasteiger partial charge in [0.25, 0.3) is 5.91 Å². The van der Waals surface area contributed by atoms with Crippen LogP contribution in [0.15, 0.2) is 48.5 Å². The molecule has 0 atom stereocenters. The van der Waals surface area contributed by atoms with Crippen molar-refractivity contribution in [3.8, 4) is 0 Å². The topological polar surface area (TPSA) is 61.6 Å². The van der Waals surface area contributed by atoms with Crippen LogP contribution < -0.4 is 16.0 Å². The van der Waals surface area contributed by atoms with Gasteiger partial charge in [0.1, 0.15) is 0 Å². The van der Waals surface area contributed by atoms with Gasteiger partial charge in [0.2, 0.25) is 0 Å². The number of carbonyl (C=O) groups is 1. The second-order valence-corrected chi connectivity index (χ2v) is 6.90. The molecule has 1 aliphatic heterocycles. The lowest BCUT2D eigenvalue weighted by atomic mass is 10.2. The fourth-order valence-corrected chi connectivity index (χ4v) is 3.30. The number of nitrogens with two attached hydrogens (primary N) is 1. The third-order valence-electron chi connectivity index (χ3n) is 4.85. The Morgan fingerprint density at radius 1 is 1.07 bits per heavy atom. The van der Waals surface area contributed by atoms with Gasteiger partial charge in [0, 0.05) is 49.7 Å². The molecular formula is C21H29ClN4O. The van der Waals surface area contributed by atoms with Gasteiger partial charge in [-0.15, -0.1) is 12.4 Å². The van der Waals surface area contributed by atoms with E-state index in [0.29, 0.717) is 17.8 Å². The Hall–Kier alpha value is -2.24. The Bertz CT molecular complexity index is 727. The lowest BCUT2D eigenvalue weighted by Gasteiger charge is -2.36. The molecule has 0 saturated carbocycles. The molecule has 0 bridgehead atoms. The first-order valence-corrected chi connectivity index (χ1v) is 9.29. The molecule has 1 saturated heterocycles. The van der Waals surface area contributed by atoms with Crippen LogP contribution >= 0.6 is 12.4 Å². The molecule has 1 aliphatic rings. The van der Waals surface area contributed by atoms with Gasteiger partial charge in [0.05, 0.1) is 0 Å². The number of benzene rings is 2. The average Bonchev–Trinajstić information content (AvgIpc) is 2.66. The first-order valence-electron chi connectivity index (χ1n) is 9.29. The highest BCUT2D eigenvalue weighted by Gasteiger charge is 2.16. The van der Waals surface area contributed by atoms with Crippen LogP contribution in [0.3, 0.4) is 0 Å². The highest BCUT2D eigenvalue weighted by Crippen LogP contribution is 2.17. The number of carbonyl (C=O) groups excluding carboxylic acids is 1. The van der Waals surface area contributed by atoms with E-state index in [1.54, 1.807) is 24.3 Å². The predicted molar refractivity (Wildman–Crippen MR) is 115 cm³/mol. The van der Waals surface area contributed by atoms with Gasteiger partial charge in [-0.25, -0.2) is 0 Å². The molecule has 3 N–H and O–H groups in total. The third kappa shape index (κ3) is 6.15. The van der Waals surface area contributed by atoms with Gasteiger partial charge < -0.3 is 16.0 Å². The molecule has 2 aromatic carbocycles. The number of nitrogens with one attached hydrogen (secondary N) is 1. The summed E-state index contributed by atoms with van der Waals surface area (Å²) < 4.78 is 0. The Balaban J connectivity index is 0.00000261. The lowest BCUT2D eigenvalue weighted by Crippen LogP contribution is -2.47. The molecule has 1 heterocycles. The molecule has 5 nitrogen and oxygen atoms in total. The fraction of sp³-hybridized carbons (Fsp3) is 0.381. The molecule has 1 fully saturated rings. The number of hydrogen-bond donors (Lipinski definition) is 2. The van der Waals surface area contributed by atoms with E-state index in [1.165, 1.54) is 11.3 Å². The molecule has 0 radical (unpaired) electrons. The molecule has 2 aromatic rings. The minimum absolute atomic E-state index is 0. The summed E-state index contributed by atoms with van der Waals surface area (Å²) in [5.74, 6) is -0.0331. The van der Waals surface area contributed by atoms with Crippen LogP contribution in [0.25, 0.3) is 0 Å².